The number of methoxy groups -OCH3 is 1. The van der Waals surface area contributed by atoms with Crippen molar-refractivity contribution in [2.45, 2.75) is 12.7 Å². The molecular formula is C23H23F2N2O3+. The average molecular weight is 413 g/mol. The van der Waals surface area contributed by atoms with E-state index in [0.717, 1.165) is 11.1 Å². The van der Waals surface area contributed by atoms with Gasteiger partial charge in [-0.15, -0.1) is 0 Å². The number of carbonyl (C=O) groups is 1. The number of alkyl halides is 2. The van der Waals surface area contributed by atoms with Gasteiger partial charge in [-0.05, 0) is 36.4 Å². The summed E-state index contributed by atoms with van der Waals surface area (Å²) in [5, 5.41) is 4.75. The second-order valence-electron chi connectivity index (χ2n) is 6.56. The van der Waals surface area contributed by atoms with Crippen LogP contribution in [-0.4, -0.2) is 26.2 Å². The van der Waals surface area contributed by atoms with Gasteiger partial charge < -0.3 is 20.1 Å². The van der Waals surface area contributed by atoms with E-state index in [4.69, 9.17) is 4.74 Å². The third-order valence-corrected chi connectivity index (χ3v) is 4.52. The first-order valence-corrected chi connectivity index (χ1v) is 9.42. The average Bonchev–Trinajstić information content (AvgIpc) is 2.75. The Morgan fingerprint density at radius 1 is 0.933 bits per heavy atom. The SMILES string of the molecule is COc1cccc(NC(=O)C[NH2+][C@H](c2ccccc2)c2ccc(OC(F)F)cc2)c1. The standard InChI is InChI=1S/C23H22F2N2O3/c1-29-20-9-5-8-18(14-20)27-21(28)15-26-22(16-6-3-2-4-7-16)17-10-12-19(13-11-17)30-23(24)25/h2-14,22-23,26H,15H2,1H3,(H,27,28)/p+1/t22-/m1/s1. The Kier molecular flexibility index (Phi) is 7.34. The van der Waals surface area contributed by atoms with Crippen LogP contribution in [0.3, 0.4) is 0 Å². The Hall–Kier alpha value is -3.45. The Bertz CT molecular complexity index is 950. The number of ether oxygens (including phenoxy) is 2. The fourth-order valence-corrected chi connectivity index (χ4v) is 3.12. The highest BCUT2D eigenvalue weighted by molar-refractivity contribution is 5.91. The summed E-state index contributed by atoms with van der Waals surface area (Å²) in [5.74, 6) is 0.586. The lowest BCUT2D eigenvalue weighted by atomic mass is 9.98. The normalized spacial score (nSPS) is 11.7. The largest absolute Gasteiger partial charge is 0.497 e. The van der Waals surface area contributed by atoms with Crippen LogP contribution < -0.4 is 20.1 Å². The van der Waals surface area contributed by atoms with Gasteiger partial charge >= 0.3 is 6.61 Å². The zero-order valence-corrected chi connectivity index (χ0v) is 16.4. The number of nitrogens with one attached hydrogen (secondary N) is 1. The predicted molar refractivity (Wildman–Crippen MR) is 110 cm³/mol. The van der Waals surface area contributed by atoms with Crippen molar-refractivity contribution in [3.8, 4) is 11.5 Å². The van der Waals surface area contributed by atoms with E-state index in [1.54, 1.807) is 43.5 Å². The monoisotopic (exact) mass is 413 g/mol. The Morgan fingerprint density at radius 2 is 1.63 bits per heavy atom. The van der Waals surface area contributed by atoms with Crippen LogP contribution >= 0.6 is 0 Å². The topological polar surface area (TPSA) is 64.2 Å². The molecule has 0 aromatic heterocycles. The molecule has 0 aliphatic heterocycles. The highest BCUT2D eigenvalue weighted by Crippen LogP contribution is 2.22. The van der Waals surface area contributed by atoms with Gasteiger partial charge in [-0.1, -0.05) is 36.4 Å². The number of benzene rings is 3. The summed E-state index contributed by atoms with van der Waals surface area (Å²) in [6, 6.07) is 23.1. The Labute approximate surface area is 173 Å². The van der Waals surface area contributed by atoms with Gasteiger partial charge in [0.05, 0.1) is 7.11 Å². The third-order valence-electron chi connectivity index (χ3n) is 4.52. The highest BCUT2D eigenvalue weighted by atomic mass is 19.3. The number of halogens is 2. The van der Waals surface area contributed by atoms with Crippen molar-refractivity contribution >= 4 is 11.6 Å². The van der Waals surface area contributed by atoms with Gasteiger partial charge in [0.25, 0.3) is 5.91 Å². The molecule has 0 saturated heterocycles. The quantitative estimate of drug-likeness (QED) is 0.564. The van der Waals surface area contributed by atoms with Crippen LogP contribution in [0.1, 0.15) is 17.2 Å². The first-order valence-electron chi connectivity index (χ1n) is 9.42. The van der Waals surface area contributed by atoms with Gasteiger partial charge in [-0.25, -0.2) is 0 Å². The van der Waals surface area contributed by atoms with Crippen molar-refractivity contribution in [3.05, 3.63) is 90.0 Å². The molecule has 0 fully saturated rings. The molecule has 7 heteroatoms. The minimum Gasteiger partial charge on any atom is -0.497 e. The zero-order valence-electron chi connectivity index (χ0n) is 16.4. The third kappa shape index (κ3) is 6.02. The minimum absolute atomic E-state index is 0.0938. The molecule has 0 spiro atoms. The summed E-state index contributed by atoms with van der Waals surface area (Å²) in [6.45, 7) is -2.70. The second kappa shape index (κ2) is 10.4. The van der Waals surface area contributed by atoms with Crippen molar-refractivity contribution in [1.82, 2.24) is 0 Å². The molecule has 0 bridgehead atoms. The van der Waals surface area contributed by atoms with E-state index >= 15 is 0 Å². The second-order valence-corrected chi connectivity index (χ2v) is 6.56. The molecule has 3 N–H and O–H groups in total. The smallest absolute Gasteiger partial charge is 0.387 e. The maximum absolute atomic E-state index is 12.5. The number of nitrogens with two attached hydrogens (primary N) is 1. The van der Waals surface area contributed by atoms with E-state index in [-0.39, 0.29) is 24.2 Å². The van der Waals surface area contributed by atoms with Gasteiger partial charge in [0.2, 0.25) is 0 Å². The van der Waals surface area contributed by atoms with Gasteiger partial charge in [-0.2, -0.15) is 8.78 Å². The molecule has 0 aliphatic rings. The summed E-state index contributed by atoms with van der Waals surface area (Å²) in [6.07, 6.45) is 0. The van der Waals surface area contributed by atoms with Gasteiger partial charge in [0.15, 0.2) is 6.54 Å². The first-order chi connectivity index (χ1) is 14.5. The van der Waals surface area contributed by atoms with Gasteiger partial charge in [0.1, 0.15) is 17.5 Å². The van der Waals surface area contributed by atoms with Crippen molar-refractivity contribution < 1.29 is 28.4 Å². The van der Waals surface area contributed by atoms with Crippen LogP contribution in [0.5, 0.6) is 11.5 Å². The molecule has 1 amide bonds. The lowest BCUT2D eigenvalue weighted by Crippen LogP contribution is -2.87. The lowest BCUT2D eigenvalue weighted by molar-refractivity contribution is -0.676. The van der Waals surface area contributed by atoms with Gasteiger partial charge in [0, 0.05) is 22.9 Å². The van der Waals surface area contributed by atoms with Crippen LogP contribution in [0.15, 0.2) is 78.9 Å². The molecule has 0 aliphatic carbocycles. The molecule has 5 nitrogen and oxygen atoms in total. The maximum atomic E-state index is 12.5. The summed E-state index contributed by atoms with van der Waals surface area (Å²) in [4.78, 5) is 12.5. The molecule has 3 aromatic rings. The van der Waals surface area contributed by atoms with Crippen LogP contribution in [-0.2, 0) is 4.79 Å². The van der Waals surface area contributed by atoms with Crippen molar-refractivity contribution in [2.24, 2.45) is 0 Å². The van der Waals surface area contributed by atoms with E-state index in [2.05, 4.69) is 10.1 Å². The summed E-state index contributed by atoms with van der Waals surface area (Å²) < 4.78 is 34.4. The van der Waals surface area contributed by atoms with E-state index in [0.29, 0.717) is 11.4 Å². The number of hydrogen-bond donors (Lipinski definition) is 2. The number of carbonyl (C=O) groups excluding carboxylic acids is 1. The fraction of sp³-hybridized carbons (Fsp3) is 0.174. The Morgan fingerprint density at radius 3 is 2.30 bits per heavy atom. The number of quaternary nitrogens is 1. The molecule has 0 radical (unpaired) electrons. The number of hydrogen-bond acceptors (Lipinski definition) is 3. The fourth-order valence-electron chi connectivity index (χ4n) is 3.12. The molecule has 0 unspecified atom stereocenters. The van der Waals surface area contributed by atoms with Crippen LogP contribution in [0.25, 0.3) is 0 Å². The predicted octanol–water partition coefficient (Wildman–Crippen LogP) is 3.59. The first kappa shape index (κ1) is 21.3. The molecule has 156 valence electrons. The van der Waals surface area contributed by atoms with Gasteiger partial charge in [-0.3, -0.25) is 4.79 Å². The molecule has 3 aromatic carbocycles. The van der Waals surface area contributed by atoms with E-state index < -0.39 is 6.61 Å². The van der Waals surface area contributed by atoms with Crippen LogP contribution in [0.2, 0.25) is 0 Å². The Balaban J connectivity index is 1.71. The van der Waals surface area contributed by atoms with E-state index in [1.807, 2.05) is 35.6 Å². The minimum atomic E-state index is -2.87. The van der Waals surface area contributed by atoms with Crippen LogP contribution in [0, 0.1) is 0 Å². The zero-order chi connectivity index (χ0) is 21.3. The maximum Gasteiger partial charge on any atom is 0.387 e. The summed E-state index contributed by atoms with van der Waals surface area (Å²) >= 11 is 0. The lowest BCUT2D eigenvalue weighted by Gasteiger charge is -2.17. The summed E-state index contributed by atoms with van der Waals surface area (Å²) in [7, 11) is 1.57. The number of amides is 1. The molecule has 1 atom stereocenters. The molecule has 0 saturated carbocycles. The van der Waals surface area contributed by atoms with Crippen LogP contribution in [0.4, 0.5) is 14.5 Å². The van der Waals surface area contributed by atoms with E-state index in [1.165, 1.54) is 12.1 Å². The van der Waals surface area contributed by atoms with Crippen molar-refractivity contribution in [3.63, 3.8) is 0 Å². The number of rotatable bonds is 9. The molecule has 0 heterocycles. The van der Waals surface area contributed by atoms with Crippen molar-refractivity contribution in [1.29, 1.82) is 0 Å². The molecule has 30 heavy (non-hydrogen) atoms. The molecule has 3 rings (SSSR count). The van der Waals surface area contributed by atoms with E-state index in [9.17, 15) is 13.6 Å². The van der Waals surface area contributed by atoms with Crippen molar-refractivity contribution in [2.75, 3.05) is 19.0 Å². The summed E-state index contributed by atoms with van der Waals surface area (Å²) in [5.41, 5.74) is 2.52. The highest BCUT2D eigenvalue weighted by Gasteiger charge is 2.19. The molecular weight excluding hydrogens is 390 g/mol. The number of anilines is 1.